The number of hydrogen-bond donors (Lipinski definition) is 3. The average molecular weight is 420 g/mol. The highest BCUT2D eigenvalue weighted by Crippen LogP contribution is 2.46. The van der Waals surface area contributed by atoms with Gasteiger partial charge in [0.2, 0.25) is 0 Å². The Balaban J connectivity index is 1.54. The molecule has 0 aromatic carbocycles. The molecule has 0 bridgehead atoms. The third kappa shape index (κ3) is 3.29. The Morgan fingerprint density at radius 1 is 1.31 bits per heavy atom. The van der Waals surface area contributed by atoms with E-state index in [1.165, 1.54) is 6.42 Å². The molecule has 0 unspecified atom stereocenters. The van der Waals surface area contributed by atoms with Crippen molar-refractivity contribution in [1.29, 1.82) is 0 Å². The van der Waals surface area contributed by atoms with Crippen LogP contribution >= 0.6 is 10.6 Å². The summed E-state index contributed by atoms with van der Waals surface area (Å²) >= 11 is 0. The van der Waals surface area contributed by atoms with Crippen molar-refractivity contribution < 1.29 is 13.9 Å². The summed E-state index contributed by atoms with van der Waals surface area (Å²) in [4.78, 5) is 10.6. The summed E-state index contributed by atoms with van der Waals surface area (Å²) in [6.07, 6.45) is 7.51. The average Bonchev–Trinajstić information content (AvgIpc) is 3.26. The Morgan fingerprint density at radius 2 is 2.07 bits per heavy atom. The van der Waals surface area contributed by atoms with E-state index in [0.29, 0.717) is 11.5 Å². The first-order valence-electron chi connectivity index (χ1n) is 10.5. The van der Waals surface area contributed by atoms with E-state index in [9.17, 15) is 9.11 Å². The molecule has 0 amide bonds. The molecule has 9 heteroatoms. The molecular weight excluding hydrogens is 390 g/mol. The molecular formula is C20H29N5O3S. The van der Waals surface area contributed by atoms with Crippen molar-refractivity contribution in [2.24, 2.45) is 5.16 Å². The SMILES string of the molecule is CCn1nc(C)c2c(NC3CCS(O)(O)CC3)c(C3=NOC4(CCC4)C3)cnc21. The van der Waals surface area contributed by atoms with Gasteiger partial charge in [0.05, 0.1) is 22.5 Å². The van der Waals surface area contributed by atoms with Gasteiger partial charge in [0.25, 0.3) is 0 Å². The van der Waals surface area contributed by atoms with E-state index < -0.39 is 10.6 Å². The van der Waals surface area contributed by atoms with E-state index in [0.717, 1.165) is 72.3 Å². The number of aryl methyl sites for hydroxylation is 2. The summed E-state index contributed by atoms with van der Waals surface area (Å²) in [6.45, 7) is 4.84. The second-order valence-electron chi connectivity index (χ2n) is 8.62. The maximum Gasteiger partial charge on any atom is 0.160 e. The van der Waals surface area contributed by atoms with Crippen molar-refractivity contribution >= 4 is 33.0 Å². The van der Waals surface area contributed by atoms with E-state index in [2.05, 4.69) is 22.5 Å². The van der Waals surface area contributed by atoms with Gasteiger partial charge in [-0.2, -0.15) is 15.7 Å². The number of nitrogens with zero attached hydrogens (tertiary/aromatic N) is 4. The predicted molar refractivity (Wildman–Crippen MR) is 116 cm³/mol. The third-order valence-electron chi connectivity index (χ3n) is 6.59. The maximum atomic E-state index is 9.98. The number of oxime groups is 1. The van der Waals surface area contributed by atoms with E-state index in [4.69, 9.17) is 9.82 Å². The Morgan fingerprint density at radius 3 is 2.69 bits per heavy atom. The number of pyridine rings is 1. The van der Waals surface area contributed by atoms with Crippen molar-refractivity contribution in [1.82, 2.24) is 14.8 Å². The van der Waals surface area contributed by atoms with Crippen LogP contribution in [-0.4, -0.2) is 52.7 Å². The Kier molecular flexibility index (Phi) is 4.52. The van der Waals surface area contributed by atoms with Gasteiger partial charge in [0.1, 0.15) is 5.60 Å². The normalized spacial score (nSPS) is 24.2. The van der Waals surface area contributed by atoms with Gasteiger partial charge in [-0.15, -0.1) is 0 Å². The molecule has 5 rings (SSSR count). The topological polar surface area (TPSA) is 105 Å². The lowest BCUT2D eigenvalue weighted by Crippen LogP contribution is -2.37. The first-order valence-corrected chi connectivity index (χ1v) is 12.4. The second-order valence-corrected chi connectivity index (χ2v) is 11.0. The predicted octanol–water partition coefficient (Wildman–Crippen LogP) is 4.13. The number of rotatable bonds is 4. The highest BCUT2D eigenvalue weighted by atomic mass is 32.3. The van der Waals surface area contributed by atoms with Gasteiger partial charge < -0.3 is 10.2 Å². The number of nitrogens with one attached hydrogen (secondary N) is 1. The van der Waals surface area contributed by atoms with E-state index >= 15 is 0 Å². The molecule has 1 spiro atoms. The molecule has 2 aliphatic heterocycles. The molecule has 158 valence electrons. The molecule has 1 aliphatic carbocycles. The number of aromatic nitrogens is 3. The molecule has 8 nitrogen and oxygen atoms in total. The lowest BCUT2D eigenvalue weighted by atomic mass is 9.76. The molecule has 3 aliphatic rings. The lowest BCUT2D eigenvalue weighted by molar-refractivity contribution is -0.0755. The zero-order valence-corrected chi connectivity index (χ0v) is 17.8. The van der Waals surface area contributed by atoms with Crippen LogP contribution in [0.15, 0.2) is 11.4 Å². The summed E-state index contributed by atoms with van der Waals surface area (Å²) < 4.78 is 21.9. The Hall–Kier alpha value is -1.84. The van der Waals surface area contributed by atoms with Crippen LogP contribution in [0.1, 0.15) is 56.7 Å². The molecule has 3 N–H and O–H groups in total. The summed E-state index contributed by atoms with van der Waals surface area (Å²) in [5.41, 5.74) is 4.65. The molecule has 2 aromatic rings. The summed E-state index contributed by atoms with van der Waals surface area (Å²) in [7, 11) is -2.41. The summed E-state index contributed by atoms with van der Waals surface area (Å²) in [5, 5.41) is 13.9. The van der Waals surface area contributed by atoms with Gasteiger partial charge in [-0.05, 0) is 46.0 Å². The quantitative estimate of drug-likeness (QED) is 0.688. The largest absolute Gasteiger partial charge is 0.389 e. The molecule has 29 heavy (non-hydrogen) atoms. The lowest BCUT2D eigenvalue weighted by Gasteiger charge is -2.39. The van der Waals surface area contributed by atoms with E-state index in [1.807, 2.05) is 17.8 Å². The van der Waals surface area contributed by atoms with Crippen LogP contribution in [0.4, 0.5) is 5.69 Å². The molecule has 1 saturated heterocycles. The van der Waals surface area contributed by atoms with Gasteiger partial charge in [0, 0.05) is 42.3 Å². The summed E-state index contributed by atoms with van der Waals surface area (Å²) in [5.74, 6) is 0.906. The van der Waals surface area contributed by atoms with Gasteiger partial charge in [-0.25, -0.2) is 9.67 Å². The van der Waals surface area contributed by atoms with Crippen molar-refractivity contribution in [3.8, 4) is 0 Å². The number of hydrogen-bond acceptors (Lipinski definition) is 7. The van der Waals surface area contributed by atoms with Gasteiger partial charge >= 0.3 is 0 Å². The fourth-order valence-corrected chi connectivity index (χ4v) is 6.20. The number of fused-ring (bicyclic) bond motifs is 1. The number of anilines is 1. The standard InChI is InChI=1S/C20H29N5O3S/c1-3-25-19-17(13(2)23-25)18(22-14-5-9-29(26,27)10-6-14)15(12-21-19)16-11-20(28-24-16)7-4-8-20/h12,14,26-27H,3-11H2,1-2H3,(H,21,22). The maximum absolute atomic E-state index is 9.98. The zero-order chi connectivity index (χ0) is 20.2. The van der Waals surface area contributed by atoms with Crippen LogP contribution in [0.25, 0.3) is 11.0 Å². The van der Waals surface area contributed by atoms with Gasteiger partial charge in [-0.1, -0.05) is 5.16 Å². The van der Waals surface area contributed by atoms with Crippen LogP contribution in [0.5, 0.6) is 0 Å². The van der Waals surface area contributed by atoms with E-state index in [-0.39, 0.29) is 11.6 Å². The fraction of sp³-hybridized carbons (Fsp3) is 0.650. The van der Waals surface area contributed by atoms with Gasteiger partial charge in [0.15, 0.2) is 5.65 Å². The van der Waals surface area contributed by atoms with Crippen molar-refractivity contribution in [2.45, 2.75) is 70.6 Å². The highest BCUT2D eigenvalue weighted by molar-refractivity contribution is 8.24. The second kappa shape index (κ2) is 6.85. The van der Waals surface area contributed by atoms with Gasteiger partial charge in [-0.3, -0.25) is 9.11 Å². The van der Waals surface area contributed by atoms with Crippen LogP contribution in [0.2, 0.25) is 0 Å². The minimum absolute atomic E-state index is 0.105. The minimum Gasteiger partial charge on any atom is -0.389 e. The van der Waals surface area contributed by atoms with Crippen LogP contribution in [-0.2, 0) is 11.4 Å². The molecule has 1 saturated carbocycles. The van der Waals surface area contributed by atoms with Crippen molar-refractivity contribution in [3.05, 3.63) is 17.5 Å². The first-order chi connectivity index (χ1) is 13.9. The van der Waals surface area contributed by atoms with Crippen LogP contribution in [0.3, 0.4) is 0 Å². The summed E-state index contributed by atoms with van der Waals surface area (Å²) in [6, 6.07) is 0.184. The monoisotopic (exact) mass is 419 g/mol. The molecule has 2 aromatic heterocycles. The highest BCUT2D eigenvalue weighted by Gasteiger charge is 2.45. The van der Waals surface area contributed by atoms with Crippen LogP contribution in [0, 0.1) is 6.92 Å². The van der Waals surface area contributed by atoms with Crippen LogP contribution < -0.4 is 5.32 Å². The molecule has 0 radical (unpaired) electrons. The minimum atomic E-state index is -2.41. The first kappa shape index (κ1) is 19.1. The fourth-order valence-electron chi connectivity index (χ4n) is 4.67. The molecule has 4 heterocycles. The molecule has 0 atom stereocenters. The van der Waals surface area contributed by atoms with E-state index in [1.54, 1.807) is 0 Å². The van der Waals surface area contributed by atoms with Crippen molar-refractivity contribution in [2.75, 3.05) is 16.8 Å². The third-order valence-corrected chi connectivity index (χ3v) is 8.36. The van der Waals surface area contributed by atoms with Crippen molar-refractivity contribution in [3.63, 3.8) is 0 Å². The molecule has 2 fully saturated rings. The Labute approximate surface area is 172 Å². The Bertz CT molecular complexity index is 972. The zero-order valence-electron chi connectivity index (χ0n) is 17.0. The smallest absolute Gasteiger partial charge is 0.160 e.